The van der Waals surface area contributed by atoms with Crippen molar-refractivity contribution in [1.29, 1.82) is 0 Å². The summed E-state index contributed by atoms with van der Waals surface area (Å²) in [7, 11) is 2.42. The highest BCUT2D eigenvalue weighted by Gasteiger charge is 2.55. The molecule has 0 radical (unpaired) electrons. The zero-order chi connectivity index (χ0) is 39.2. The van der Waals surface area contributed by atoms with E-state index in [0.29, 0.717) is 0 Å². The average molecular weight is 779 g/mol. The van der Waals surface area contributed by atoms with E-state index < -0.39 is 147 Å². The summed E-state index contributed by atoms with van der Waals surface area (Å²) in [6.45, 7) is 2.34. The summed E-state index contributed by atoms with van der Waals surface area (Å²) in [6, 6.07) is 0. The second-order valence-electron chi connectivity index (χ2n) is 14.5. The first-order valence-corrected chi connectivity index (χ1v) is 17.8. The topological polar surface area (TPSA) is 288 Å². The second-order valence-corrected chi connectivity index (χ2v) is 14.5. The molecule has 54 heavy (non-hydrogen) atoms. The van der Waals surface area contributed by atoms with Crippen LogP contribution in [0.1, 0.15) is 26.7 Å². The monoisotopic (exact) mass is 778 g/mol. The molecule has 0 aromatic rings. The quantitative estimate of drug-likeness (QED) is 0.0997. The highest BCUT2D eigenvalue weighted by molar-refractivity contribution is 5.89. The molecule has 20 heteroatoms. The molecule has 306 valence electrons. The van der Waals surface area contributed by atoms with Crippen molar-refractivity contribution < 1.29 is 97.8 Å². The molecule has 1 saturated carbocycles. The number of aliphatic hydroxyl groups excluding tert-OH is 8. The molecule has 0 aromatic carbocycles. The van der Waals surface area contributed by atoms with Crippen LogP contribution in [0.2, 0.25) is 0 Å². The van der Waals surface area contributed by atoms with Crippen LogP contribution in [0.4, 0.5) is 0 Å². The number of fused-ring (bicyclic) bond motifs is 2. The van der Waals surface area contributed by atoms with Crippen molar-refractivity contribution in [2.45, 2.75) is 119 Å². The molecule has 6 rings (SSSR count). The number of methoxy groups -OCH3 is 2. The van der Waals surface area contributed by atoms with Gasteiger partial charge in [0, 0.05) is 24.2 Å². The third kappa shape index (κ3) is 7.75. The van der Waals surface area contributed by atoms with E-state index in [-0.39, 0.29) is 24.0 Å². The zero-order valence-corrected chi connectivity index (χ0v) is 30.0. The molecule has 3 saturated heterocycles. The maximum Gasteiger partial charge on any atom is 0.337 e. The number of rotatable bonds is 10. The lowest BCUT2D eigenvalue weighted by atomic mass is 9.77. The van der Waals surface area contributed by atoms with Crippen molar-refractivity contribution in [1.82, 2.24) is 0 Å². The Morgan fingerprint density at radius 1 is 0.667 bits per heavy atom. The van der Waals surface area contributed by atoms with Crippen LogP contribution < -0.4 is 0 Å². The van der Waals surface area contributed by atoms with Crippen molar-refractivity contribution in [3.63, 3.8) is 0 Å². The largest absolute Gasteiger partial charge is 0.472 e. The van der Waals surface area contributed by atoms with Crippen LogP contribution in [-0.2, 0) is 57.0 Å². The Morgan fingerprint density at radius 2 is 1.17 bits per heavy atom. The molecule has 0 spiro atoms. The Morgan fingerprint density at radius 3 is 1.70 bits per heavy atom. The van der Waals surface area contributed by atoms with Gasteiger partial charge in [-0.15, -0.1) is 0 Å². The van der Waals surface area contributed by atoms with Crippen LogP contribution >= 0.6 is 0 Å². The van der Waals surface area contributed by atoms with Crippen LogP contribution in [-0.4, -0.2) is 173 Å². The van der Waals surface area contributed by atoms with Gasteiger partial charge in [-0.1, -0.05) is 6.92 Å². The number of carbonyl (C=O) groups excluding carboxylic acids is 2. The Kier molecular flexibility index (Phi) is 12.9. The van der Waals surface area contributed by atoms with Crippen molar-refractivity contribution in [3.8, 4) is 0 Å². The maximum atomic E-state index is 12.8. The summed E-state index contributed by atoms with van der Waals surface area (Å²) in [4.78, 5) is 25.2. The van der Waals surface area contributed by atoms with E-state index in [4.69, 9.17) is 47.4 Å². The Bertz CT molecular complexity index is 1390. The molecule has 5 heterocycles. The molecule has 4 fully saturated rings. The van der Waals surface area contributed by atoms with Gasteiger partial charge in [0.15, 0.2) is 18.9 Å². The SMILES string of the molecule is COC(=O)C1=CO[C@@H](O[C@@H]2O[C@H](CO)[C@@H](O)[C@@H](O)[C@H]2O)C2C(C)O[C@@H](OC[C@H]3O[C@@H](O[C@@H]4OC=C(C(=O)OC)C5C[C@H](O)[C@H](C)C54)[C@H](O)[C@@H](O)[C@@H]3O)CC12. The van der Waals surface area contributed by atoms with E-state index >= 15 is 0 Å². The summed E-state index contributed by atoms with van der Waals surface area (Å²) >= 11 is 0. The van der Waals surface area contributed by atoms with Crippen molar-refractivity contribution >= 4 is 11.9 Å². The highest BCUT2D eigenvalue weighted by Crippen LogP contribution is 2.48. The molecule has 0 aromatic heterocycles. The predicted molar refractivity (Wildman–Crippen MR) is 171 cm³/mol. The zero-order valence-electron chi connectivity index (χ0n) is 30.0. The molecule has 0 amide bonds. The van der Waals surface area contributed by atoms with Gasteiger partial charge in [0.1, 0.15) is 48.8 Å². The molecule has 0 bridgehead atoms. The average Bonchev–Trinajstić information content (AvgIpc) is 3.47. The van der Waals surface area contributed by atoms with Crippen LogP contribution in [0.25, 0.3) is 0 Å². The highest BCUT2D eigenvalue weighted by atomic mass is 16.8. The Hall–Kier alpha value is -2.54. The second kappa shape index (κ2) is 16.9. The fourth-order valence-electron chi connectivity index (χ4n) is 8.29. The molecule has 1 aliphatic carbocycles. The van der Waals surface area contributed by atoms with Gasteiger partial charge in [-0.3, -0.25) is 0 Å². The van der Waals surface area contributed by atoms with E-state index in [1.807, 2.05) is 0 Å². The molecule has 8 N–H and O–H groups in total. The van der Waals surface area contributed by atoms with Gasteiger partial charge in [-0.05, 0) is 19.3 Å². The molecule has 20 nitrogen and oxygen atoms in total. The minimum atomic E-state index is -1.75. The van der Waals surface area contributed by atoms with E-state index in [0.717, 1.165) is 6.26 Å². The number of esters is 2. The van der Waals surface area contributed by atoms with Gasteiger partial charge >= 0.3 is 11.9 Å². The van der Waals surface area contributed by atoms with Gasteiger partial charge in [0.2, 0.25) is 12.6 Å². The first-order chi connectivity index (χ1) is 25.7. The fourth-order valence-corrected chi connectivity index (χ4v) is 8.29. The number of carbonyl (C=O) groups is 2. The van der Waals surface area contributed by atoms with Crippen molar-refractivity contribution in [2.24, 2.45) is 29.6 Å². The third-order valence-corrected chi connectivity index (χ3v) is 11.4. The van der Waals surface area contributed by atoms with Crippen molar-refractivity contribution in [3.05, 3.63) is 23.7 Å². The summed E-state index contributed by atoms with van der Waals surface area (Å²) in [5, 5.41) is 83.6. The standard InChI is InChI=1S/C34H50O20/c1-11-17(36)5-13-15(29(43)45-3)8-48-31(21(11)13)53-34-28(42)26(40)24(38)19(52-34)10-47-20-6-14-16(30(44)46-4)9-49-32(22(14)12(2)50-20)54-33-27(41)25(39)23(37)18(7-35)51-33/h8-9,11-14,17-28,31-42H,5-7,10H2,1-4H3/t11-,12?,13?,14?,17-,18+,19+,20+,21?,22?,23+,24+,25+,26-,27+,28+,31-,32-,33-,34-/m0/s1. The molecule has 5 unspecified atom stereocenters. The molecule has 20 atom stereocenters. The minimum Gasteiger partial charge on any atom is -0.472 e. The van der Waals surface area contributed by atoms with Crippen LogP contribution in [0.5, 0.6) is 0 Å². The third-order valence-electron chi connectivity index (χ3n) is 11.4. The Balaban J connectivity index is 1.13. The summed E-state index contributed by atoms with van der Waals surface area (Å²) < 4.78 is 56.7. The molecule has 5 aliphatic heterocycles. The summed E-state index contributed by atoms with van der Waals surface area (Å²) in [5.41, 5.74) is 0.338. The predicted octanol–water partition coefficient (Wildman–Crippen LogP) is -3.53. The van der Waals surface area contributed by atoms with E-state index in [2.05, 4.69) is 0 Å². The van der Waals surface area contributed by atoms with Gasteiger partial charge in [0.25, 0.3) is 0 Å². The molecule has 6 aliphatic rings. The van der Waals surface area contributed by atoms with Gasteiger partial charge in [-0.25, -0.2) is 9.59 Å². The van der Waals surface area contributed by atoms with Gasteiger partial charge < -0.3 is 88.2 Å². The lowest BCUT2D eigenvalue weighted by molar-refractivity contribution is -0.359. The van der Waals surface area contributed by atoms with E-state index in [9.17, 15) is 50.4 Å². The first kappa shape index (κ1) is 41.1. The fraction of sp³-hybridized carbons (Fsp3) is 0.824. The number of ether oxygens (including phenoxy) is 10. The lowest BCUT2D eigenvalue weighted by Crippen LogP contribution is -2.61. The normalized spacial score (nSPS) is 47.6. The lowest BCUT2D eigenvalue weighted by Gasteiger charge is -2.48. The summed E-state index contributed by atoms with van der Waals surface area (Å²) in [5.74, 6) is -4.20. The van der Waals surface area contributed by atoms with Crippen LogP contribution in [0, 0.1) is 29.6 Å². The smallest absolute Gasteiger partial charge is 0.337 e. The number of aliphatic hydroxyl groups is 8. The van der Waals surface area contributed by atoms with E-state index in [1.54, 1.807) is 13.8 Å². The van der Waals surface area contributed by atoms with E-state index in [1.165, 1.54) is 20.5 Å². The maximum absolute atomic E-state index is 12.8. The van der Waals surface area contributed by atoms with Gasteiger partial charge in [0.05, 0.1) is 69.2 Å². The number of hydrogen-bond donors (Lipinski definition) is 8. The minimum absolute atomic E-state index is 0.00975. The number of hydrogen-bond acceptors (Lipinski definition) is 20. The summed E-state index contributed by atoms with van der Waals surface area (Å²) in [6.07, 6.45) is -18.1. The Labute approximate surface area is 309 Å². The van der Waals surface area contributed by atoms with Crippen molar-refractivity contribution in [2.75, 3.05) is 27.4 Å². The van der Waals surface area contributed by atoms with Crippen LogP contribution in [0.3, 0.4) is 0 Å². The molecular formula is C34H50O20. The first-order valence-electron chi connectivity index (χ1n) is 17.8. The molecular weight excluding hydrogens is 728 g/mol. The van der Waals surface area contributed by atoms with Gasteiger partial charge in [-0.2, -0.15) is 0 Å². The van der Waals surface area contributed by atoms with Crippen LogP contribution in [0.15, 0.2) is 23.7 Å².